The third-order valence-electron chi connectivity index (χ3n) is 10.7. The van der Waals surface area contributed by atoms with Crippen LogP contribution in [0.15, 0.2) is 0 Å². The molecule has 4 heteroatoms. The Morgan fingerprint density at radius 2 is 0.522 bits per heavy atom. The highest BCUT2D eigenvalue weighted by molar-refractivity contribution is 5.70. The van der Waals surface area contributed by atoms with Crippen molar-refractivity contribution in [3.63, 3.8) is 0 Å². The zero-order chi connectivity index (χ0) is 34.1. The minimum absolute atomic E-state index is 0.276. The Labute approximate surface area is 288 Å². The van der Waals surface area contributed by atoms with E-state index < -0.39 is 11.9 Å². The number of carboxylic acid groups (broad SMARTS) is 2. The van der Waals surface area contributed by atoms with Gasteiger partial charge in [0.05, 0.1) is 11.8 Å². The SMILES string of the molecule is CCCCCCC(CCCCCC)CCCCC(CCCCC(CCCCC(CCCCCC)CCCCCC)C(=O)O)C(=O)O. The van der Waals surface area contributed by atoms with E-state index >= 15 is 0 Å². The normalized spacial score (nSPS) is 13.1. The highest BCUT2D eigenvalue weighted by Crippen LogP contribution is 2.28. The first-order chi connectivity index (χ1) is 22.4. The summed E-state index contributed by atoms with van der Waals surface area (Å²) in [6.07, 6.45) is 38.1. The van der Waals surface area contributed by atoms with E-state index in [1.165, 1.54) is 141 Å². The smallest absolute Gasteiger partial charge is 0.306 e. The number of carboxylic acids is 2. The molecule has 274 valence electrons. The van der Waals surface area contributed by atoms with E-state index in [1.54, 1.807) is 0 Å². The van der Waals surface area contributed by atoms with Gasteiger partial charge in [0.2, 0.25) is 0 Å². The summed E-state index contributed by atoms with van der Waals surface area (Å²) in [6, 6.07) is 0. The van der Waals surface area contributed by atoms with Crippen LogP contribution in [0.3, 0.4) is 0 Å². The Bertz CT molecular complexity index is 582. The fourth-order valence-corrected chi connectivity index (χ4v) is 7.52. The molecule has 0 spiro atoms. The average molecular weight is 651 g/mol. The monoisotopic (exact) mass is 651 g/mol. The van der Waals surface area contributed by atoms with Crippen LogP contribution in [-0.2, 0) is 9.59 Å². The molecule has 0 aliphatic carbocycles. The summed E-state index contributed by atoms with van der Waals surface area (Å²) in [6.45, 7) is 9.09. The van der Waals surface area contributed by atoms with Gasteiger partial charge in [-0.15, -0.1) is 0 Å². The third-order valence-corrected chi connectivity index (χ3v) is 10.7. The first-order valence-corrected chi connectivity index (χ1v) is 20.8. The second kappa shape index (κ2) is 33.8. The average Bonchev–Trinajstić information content (AvgIpc) is 3.04. The zero-order valence-corrected chi connectivity index (χ0v) is 31.6. The number of hydrogen-bond donors (Lipinski definition) is 2. The van der Waals surface area contributed by atoms with Gasteiger partial charge >= 0.3 is 11.9 Å². The summed E-state index contributed by atoms with van der Waals surface area (Å²) in [4.78, 5) is 24.0. The van der Waals surface area contributed by atoms with Gasteiger partial charge < -0.3 is 10.2 Å². The van der Waals surface area contributed by atoms with Crippen molar-refractivity contribution in [2.45, 2.75) is 233 Å². The van der Waals surface area contributed by atoms with Gasteiger partial charge in [0, 0.05) is 0 Å². The predicted octanol–water partition coefficient (Wildman–Crippen LogP) is 14.2. The fraction of sp³-hybridized carbons (Fsp3) is 0.952. The Kier molecular flexibility index (Phi) is 33.0. The predicted molar refractivity (Wildman–Crippen MR) is 200 cm³/mol. The molecule has 4 nitrogen and oxygen atoms in total. The minimum Gasteiger partial charge on any atom is -0.481 e. The molecule has 0 fully saturated rings. The quantitative estimate of drug-likeness (QED) is 0.0656. The molecule has 2 N–H and O–H groups in total. The molecule has 2 unspecified atom stereocenters. The molecule has 2 atom stereocenters. The van der Waals surface area contributed by atoms with E-state index in [9.17, 15) is 19.8 Å². The van der Waals surface area contributed by atoms with Crippen LogP contribution in [0.4, 0.5) is 0 Å². The molecule has 0 aliphatic rings. The van der Waals surface area contributed by atoms with Crippen LogP contribution in [0.2, 0.25) is 0 Å². The van der Waals surface area contributed by atoms with Gasteiger partial charge in [0.25, 0.3) is 0 Å². The minimum atomic E-state index is -0.663. The van der Waals surface area contributed by atoms with Crippen molar-refractivity contribution in [1.82, 2.24) is 0 Å². The highest BCUT2D eigenvalue weighted by atomic mass is 16.4. The Morgan fingerprint density at radius 3 is 0.717 bits per heavy atom. The number of aliphatic carboxylic acids is 2. The lowest BCUT2D eigenvalue weighted by atomic mass is 9.87. The van der Waals surface area contributed by atoms with Crippen LogP contribution in [0.25, 0.3) is 0 Å². The largest absolute Gasteiger partial charge is 0.481 e. The standard InChI is InChI=1S/C42H82O4/c1-5-9-13-17-27-37(28-18-14-10-6-2)31-21-23-33-39(41(43)44)35-25-26-36-40(42(45)46)34-24-22-32-38(29-19-15-11-7-3)30-20-16-12-8-4/h37-40H,5-36H2,1-4H3,(H,43,44)(H,45,46). The lowest BCUT2D eigenvalue weighted by Crippen LogP contribution is -2.16. The molecular formula is C42H82O4. The lowest BCUT2D eigenvalue weighted by Gasteiger charge is -2.18. The summed E-state index contributed by atoms with van der Waals surface area (Å²) in [7, 11) is 0. The maximum absolute atomic E-state index is 12.0. The van der Waals surface area contributed by atoms with Gasteiger partial charge in [-0.2, -0.15) is 0 Å². The van der Waals surface area contributed by atoms with E-state index in [2.05, 4.69) is 27.7 Å². The van der Waals surface area contributed by atoms with Crippen molar-refractivity contribution in [1.29, 1.82) is 0 Å². The third kappa shape index (κ3) is 28.0. The Balaban J connectivity index is 4.45. The molecule has 0 aromatic rings. The molecule has 0 radical (unpaired) electrons. The molecule has 0 aromatic carbocycles. The molecule has 0 heterocycles. The second-order valence-electron chi connectivity index (χ2n) is 15.1. The molecule has 0 rings (SSSR count). The molecule has 0 aliphatic heterocycles. The van der Waals surface area contributed by atoms with Gasteiger partial charge in [0.15, 0.2) is 0 Å². The maximum Gasteiger partial charge on any atom is 0.306 e. The van der Waals surface area contributed by atoms with Crippen molar-refractivity contribution in [3.05, 3.63) is 0 Å². The van der Waals surface area contributed by atoms with Crippen molar-refractivity contribution in [3.8, 4) is 0 Å². The van der Waals surface area contributed by atoms with Crippen LogP contribution in [-0.4, -0.2) is 22.2 Å². The van der Waals surface area contributed by atoms with E-state index in [-0.39, 0.29) is 11.8 Å². The summed E-state index contributed by atoms with van der Waals surface area (Å²) in [5.74, 6) is -0.251. The summed E-state index contributed by atoms with van der Waals surface area (Å²) in [5, 5.41) is 19.7. The molecule has 0 aromatic heterocycles. The van der Waals surface area contributed by atoms with E-state index in [0.717, 1.165) is 63.2 Å². The van der Waals surface area contributed by atoms with Crippen LogP contribution < -0.4 is 0 Å². The van der Waals surface area contributed by atoms with Gasteiger partial charge in [-0.3, -0.25) is 9.59 Å². The molecule has 0 saturated carbocycles. The molecule has 0 amide bonds. The number of unbranched alkanes of at least 4 members (excludes halogenated alkanes) is 15. The van der Waals surface area contributed by atoms with Gasteiger partial charge in [-0.1, -0.05) is 207 Å². The van der Waals surface area contributed by atoms with Crippen molar-refractivity contribution >= 4 is 11.9 Å². The second-order valence-corrected chi connectivity index (χ2v) is 15.1. The molecule has 46 heavy (non-hydrogen) atoms. The van der Waals surface area contributed by atoms with E-state index in [4.69, 9.17) is 0 Å². The van der Waals surface area contributed by atoms with Crippen LogP contribution >= 0.6 is 0 Å². The van der Waals surface area contributed by atoms with Crippen LogP contribution in [0.5, 0.6) is 0 Å². The van der Waals surface area contributed by atoms with Crippen LogP contribution in [0.1, 0.15) is 233 Å². The van der Waals surface area contributed by atoms with E-state index in [1.807, 2.05) is 0 Å². The zero-order valence-electron chi connectivity index (χ0n) is 31.6. The topological polar surface area (TPSA) is 74.6 Å². The van der Waals surface area contributed by atoms with Gasteiger partial charge in [-0.25, -0.2) is 0 Å². The van der Waals surface area contributed by atoms with Gasteiger partial charge in [0.1, 0.15) is 0 Å². The number of hydrogen-bond acceptors (Lipinski definition) is 2. The number of rotatable bonds is 37. The Morgan fingerprint density at radius 1 is 0.326 bits per heavy atom. The number of carbonyl (C=O) groups is 2. The van der Waals surface area contributed by atoms with Crippen LogP contribution in [0, 0.1) is 23.7 Å². The maximum atomic E-state index is 12.0. The molecule has 0 saturated heterocycles. The highest BCUT2D eigenvalue weighted by Gasteiger charge is 2.20. The first kappa shape index (κ1) is 44.9. The molecular weight excluding hydrogens is 568 g/mol. The fourth-order valence-electron chi connectivity index (χ4n) is 7.52. The molecule has 0 bridgehead atoms. The first-order valence-electron chi connectivity index (χ1n) is 20.8. The van der Waals surface area contributed by atoms with E-state index in [0.29, 0.717) is 12.8 Å². The summed E-state index contributed by atoms with van der Waals surface area (Å²) < 4.78 is 0. The van der Waals surface area contributed by atoms with Gasteiger partial charge in [-0.05, 0) is 37.5 Å². The van der Waals surface area contributed by atoms with Crippen molar-refractivity contribution < 1.29 is 19.8 Å². The summed E-state index contributed by atoms with van der Waals surface area (Å²) in [5.41, 5.74) is 0. The Hall–Kier alpha value is -1.06. The summed E-state index contributed by atoms with van der Waals surface area (Å²) >= 11 is 0. The lowest BCUT2D eigenvalue weighted by molar-refractivity contribution is -0.143. The van der Waals surface area contributed by atoms with Crippen molar-refractivity contribution in [2.24, 2.45) is 23.7 Å². The van der Waals surface area contributed by atoms with Crippen molar-refractivity contribution in [2.75, 3.05) is 0 Å².